The van der Waals surface area contributed by atoms with Crippen molar-refractivity contribution in [3.8, 4) is 0 Å². The highest BCUT2D eigenvalue weighted by molar-refractivity contribution is 6.99. The van der Waals surface area contributed by atoms with E-state index in [0.717, 1.165) is 27.1 Å². The average molecular weight is 804 g/mol. The first-order valence-electron chi connectivity index (χ1n) is 20.2. The lowest BCUT2D eigenvalue weighted by atomic mass is 9.77. The van der Waals surface area contributed by atoms with Gasteiger partial charge in [0.15, 0.2) is 23.5 Å². The van der Waals surface area contributed by atoms with Gasteiger partial charge in [0.25, 0.3) is 8.32 Å². The highest BCUT2D eigenvalue weighted by Crippen LogP contribution is 2.46. The lowest BCUT2D eigenvalue weighted by Crippen LogP contribution is -2.67. The van der Waals surface area contributed by atoms with Crippen LogP contribution in [0.25, 0.3) is 11.2 Å². The fraction of sp³-hybridized carbons (Fsp3) is 0.271. The van der Waals surface area contributed by atoms with Gasteiger partial charge in [0.1, 0.15) is 35.7 Å². The minimum Gasteiger partial charge on any atom is -0.405 e. The van der Waals surface area contributed by atoms with Gasteiger partial charge in [0, 0.05) is 0 Å². The van der Waals surface area contributed by atoms with Gasteiger partial charge in [-0.1, -0.05) is 172 Å². The van der Waals surface area contributed by atoms with E-state index in [-0.39, 0.29) is 11.6 Å². The molecule has 0 bridgehead atoms. The molecule has 300 valence electrons. The molecule has 2 saturated heterocycles. The van der Waals surface area contributed by atoms with Crippen LogP contribution in [-0.4, -0.2) is 58.5 Å². The number of hydrogen-bond acceptors (Lipinski definition) is 8. The number of rotatable bonds is 11. The van der Waals surface area contributed by atoms with Gasteiger partial charge in [-0.15, -0.1) is 0 Å². The maximum Gasteiger partial charge on any atom is 0.330 e. The monoisotopic (exact) mass is 803 g/mol. The van der Waals surface area contributed by atoms with E-state index in [9.17, 15) is 4.79 Å². The van der Waals surface area contributed by atoms with Crippen LogP contribution in [-0.2, 0) is 24.2 Å². The van der Waals surface area contributed by atoms with Crippen LogP contribution >= 0.6 is 0 Å². The number of hydrogen-bond donors (Lipinski definition) is 2. The van der Waals surface area contributed by atoms with Gasteiger partial charge in [0.2, 0.25) is 0 Å². The van der Waals surface area contributed by atoms with Crippen molar-refractivity contribution < 1.29 is 18.6 Å². The summed E-state index contributed by atoms with van der Waals surface area (Å²) in [5.41, 5.74) is 2.51. The van der Waals surface area contributed by atoms with E-state index in [1.807, 2.05) is 80.6 Å². The quantitative estimate of drug-likeness (QED) is 0.102. The van der Waals surface area contributed by atoms with Gasteiger partial charge in [-0.3, -0.25) is 0 Å². The molecule has 0 saturated carbocycles. The molecule has 4 heterocycles. The third-order valence-corrected chi connectivity index (χ3v) is 16.7. The van der Waals surface area contributed by atoms with E-state index in [1.165, 1.54) is 6.33 Å². The summed E-state index contributed by atoms with van der Waals surface area (Å²) in [7, 11) is -2.93. The number of nitrogens with one attached hydrogen (secondary N) is 2. The minimum absolute atomic E-state index is 0.219. The van der Waals surface area contributed by atoms with Gasteiger partial charge in [-0.05, 0) is 45.9 Å². The Morgan fingerprint density at radius 3 is 1.68 bits per heavy atom. The van der Waals surface area contributed by atoms with Crippen molar-refractivity contribution in [2.75, 3.05) is 11.9 Å². The fourth-order valence-corrected chi connectivity index (χ4v) is 13.8. The summed E-state index contributed by atoms with van der Waals surface area (Å²) in [5, 5.41) is 5.90. The van der Waals surface area contributed by atoms with E-state index in [2.05, 4.69) is 116 Å². The summed E-state index contributed by atoms with van der Waals surface area (Å²) >= 11 is 0. The van der Waals surface area contributed by atoms with Crippen molar-refractivity contribution in [3.63, 3.8) is 0 Å². The zero-order chi connectivity index (χ0) is 40.8. The predicted octanol–water partition coefficient (Wildman–Crippen LogP) is 7.52. The summed E-state index contributed by atoms with van der Waals surface area (Å²) in [6.07, 6.45) is -1.11. The summed E-state index contributed by atoms with van der Waals surface area (Å²) in [6, 6.07) is 51.8. The Bertz CT molecular complexity index is 2450. The molecule has 2 N–H and O–H groups in total. The number of ether oxygens (including phenoxy) is 3. The van der Waals surface area contributed by atoms with Crippen molar-refractivity contribution in [1.29, 1.82) is 0 Å². The first-order chi connectivity index (χ1) is 28.5. The van der Waals surface area contributed by atoms with Crippen molar-refractivity contribution in [2.45, 2.75) is 75.5 Å². The summed E-state index contributed by atoms with van der Waals surface area (Å²) in [6.45, 7) is 10.7. The Hall–Kier alpha value is -5.69. The maximum atomic E-state index is 14.3. The largest absolute Gasteiger partial charge is 0.405 e. The number of aromatic nitrogens is 4. The fourth-order valence-electron chi connectivity index (χ4n) is 9.20. The number of imidazole rings is 1. The molecule has 2 aliphatic heterocycles. The second-order valence-electron chi connectivity index (χ2n) is 16.8. The van der Waals surface area contributed by atoms with Gasteiger partial charge in [0.05, 0.1) is 6.61 Å². The summed E-state index contributed by atoms with van der Waals surface area (Å²) in [5.74, 6) is -0.474. The highest BCUT2D eigenvalue weighted by atomic mass is 28.4. The molecule has 9 rings (SSSR count). The first kappa shape index (κ1) is 38.8. The second kappa shape index (κ2) is 15.2. The molecule has 4 atom stereocenters. The molecule has 2 aliphatic rings. The second-order valence-corrected chi connectivity index (χ2v) is 21.1. The minimum atomic E-state index is -2.93. The van der Waals surface area contributed by atoms with E-state index < -0.39 is 49.9 Å². The molecule has 0 amide bonds. The number of aromatic amines is 1. The van der Waals surface area contributed by atoms with Gasteiger partial charge in [-0.2, -0.15) is 0 Å². The smallest absolute Gasteiger partial charge is 0.330 e. The lowest BCUT2D eigenvalue weighted by Gasteiger charge is -2.43. The number of H-pyrrole nitrogens is 1. The summed E-state index contributed by atoms with van der Waals surface area (Å²) in [4.78, 5) is 26.9. The van der Waals surface area contributed by atoms with Crippen LogP contribution in [0.5, 0.6) is 0 Å². The van der Waals surface area contributed by atoms with E-state index in [4.69, 9.17) is 28.6 Å². The van der Waals surface area contributed by atoms with Crippen LogP contribution in [0, 0.1) is 0 Å². The molecule has 0 unspecified atom stereocenters. The van der Waals surface area contributed by atoms with E-state index >= 15 is 0 Å². The predicted molar refractivity (Wildman–Crippen MR) is 232 cm³/mol. The van der Waals surface area contributed by atoms with Gasteiger partial charge in [-0.25, -0.2) is 19.3 Å². The molecule has 7 aromatic rings. The molecule has 10 nitrogen and oxygen atoms in total. The van der Waals surface area contributed by atoms with Crippen LogP contribution < -0.4 is 21.4 Å². The molecule has 11 heteroatoms. The normalized spacial score (nSPS) is 20.4. The number of fused-ring (bicyclic) bond motifs is 2. The number of benzene rings is 5. The molecular formula is C48H49N5O5Si. The molecule has 5 aromatic carbocycles. The SMILES string of the molecule is CC1(C)O[C@@H]2[C@H](O1)[C@@H](CO[Si](c1ccccc1)(c1ccccc1)C(C)(C)C)O[C@H]2n1c(=O)[nH]c2c(NC(c3ccccc3)(c3ccccc3)c3ccccc3)ncnc21. The van der Waals surface area contributed by atoms with E-state index in [0.29, 0.717) is 17.0 Å². The Morgan fingerprint density at radius 2 is 1.19 bits per heavy atom. The first-order valence-corrected chi connectivity index (χ1v) is 22.1. The topological polar surface area (TPSA) is 113 Å². The Kier molecular flexibility index (Phi) is 9.97. The van der Waals surface area contributed by atoms with Crippen molar-refractivity contribution in [2.24, 2.45) is 0 Å². The van der Waals surface area contributed by atoms with Crippen molar-refractivity contribution in [1.82, 2.24) is 19.5 Å². The van der Waals surface area contributed by atoms with Crippen LogP contribution in [0.15, 0.2) is 163 Å². The van der Waals surface area contributed by atoms with Gasteiger partial charge >= 0.3 is 5.69 Å². The van der Waals surface area contributed by atoms with Crippen molar-refractivity contribution >= 4 is 35.7 Å². The Labute approximate surface area is 345 Å². The zero-order valence-corrected chi connectivity index (χ0v) is 34.9. The van der Waals surface area contributed by atoms with Gasteiger partial charge < -0.3 is 28.9 Å². The van der Waals surface area contributed by atoms with Crippen LogP contribution in [0.3, 0.4) is 0 Å². The molecule has 2 aromatic heterocycles. The average Bonchev–Trinajstić information content (AvgIpc) is 3.88. The van der Waals surface area contributed by atoms with Crippen LogP contribution in [0.4, 0.5) is 5.82 Å². The highest BCUT2D eigenvalue weighted by Gasteiger charge is 2.58. The molecule has 0 spiro atoms. The number of nitrogens with zero attached hydrogens (tertiary/aromatic N) is 3. The Morgan fingerprint density at radius 1 is 0.712 bits per heavy atom. The van der Waals surface area contributed by atoms with Crippen LogP contribution in [0.1, 0.15) is 57.5 Å². The maximum absolute atomic E-state index is 14.3. The molecule has 2 fully saturated rings. The van der Waals surface area contributed by atoms with Crippen LogP contribution in [0.2, 0.25) is 5.04 Å². The van der Waals surface area contributed by atoms with E-state index in [1.54, 1.807) is 4.57 Å². The third-order valence-electron chi connectivity index (χ3n) is 11.7. The molecule has 59 heavy (non-hydrogen) atoms. The number of anilines is 1. The standard InChI is InChI=1S/C48H49N5O5Si/c1-46(2,3)59(36-27-17-9-18-28-36,37-29-19-10-20-30-37)55-31-38-40-41(58-47(4,5)57-40)44(56-38)53-43-39(51-45(53)54)42(49-32-50-43)52-48(33-21-11-6-12-22-33,34-23-13-7-14-24-34)35-25-15-8-16-26-35/h6-30,32,38,40-41,44H,31H2,1-5H3,(H,51,54)(H,49,50,52)/t38-,40-,41-,44-/m1/s1. The zero-order valence-electron chi connectivity index (χ0n) is 33.9. The molecular weight excluding hydrogens is 755 g/mol. The molecule has 0 radical (unpaired) electrons. The van der Waals surface area contributed by atoms with Crippen molar-refractivity contribution in [3.05, 3.63) is 185 Å². The lowest BCUT2D eigenvalue weighted by molar-refractivity contribution is -0.199. The molecule has 0 aliphatic carbocycles. The summed E-state index contributed by atoms with van der Waals surface area (Å²) < 4.78 is 28.9. The third kappa shape index (κ3) is 6.72. The Balaban J connectivity index is 1.12.